The lowest BCUT2D eigenvalue weighted by Crippen LogP contribution is -2.35. The monoisotopic (exact) mass is 376 g/mol. The topological polar surface area (TPSA) is 51.2 Å². The Bertz CT molecular complexity index is 1020. The van der Waals surface area contributed by atoms with Gasteiger partial charge in [0, 0.05) is 18.2 Å². The molecule has 1 aromatic heterocycles. The number of hydrogen-bond donors (Lipinski definition) is 1. The molecule has 0 unspecified atom stereocenters. The third-order valence-electron chi connectivity index (χ3n) is 4.93. The smallest absolute Gasteiger partial charge is 0.224 e. The Morgan fingerprint density at radius 2 is 2.04 bits per heavy atom. The molecular weight excluding hydrogens is 355 g/mol. The molecule has 1 amide bonds. The minimum absolute atomic E-state index is 0.0186. The zero-order valence-electron chi connectivity index (χ0n) is 15.6. The second-order valence-electron chi connectivity index (χ2n) is 6.98. The zero-order chi connectivity index (χ0) is 19.5. The molecule has 0 radical (unpaired) electrons. The van der Waals surface area contributed by atoms with Gasteiger partial charge in [-0.25, -0.2) is 4.39 Å². The minimum Gasteiger partial charge on any atom is -0.487 e. The lowest BCUT2D eigenvalue weighted by atomic mass is 10.0. The third-order valence-corrected chi connectivity index (χ3v) is 4.93. The molecule has 2 aromatic carbocycles. The van der Waals surface area contributed by atoms with Crippen LogP contribution in [0.25, 0.3) is 11.3 Å². The summed E-state index contributed by atoms with van der Waals surface area (Å²) in [4.78, 5) is 16.7. The van der Waals surface area contributed by atoms with Crippen LogP contribution >= 0.6 is 0 Å². The molecule has 142 valence electrons. The molecule has 0 saturated carbocycles. The number of para-hydroxylation sites is 1. The quantitative estimate of drug-likeness (QED) is 0.736. The summed E-state index contributed by atoms with van der Waals surface area (Å²) in [5, 5.41) is 2.86. The van der Waals surface area contributed by atoms with Crippen LogP contribution in [0, 0.1) is 12.7 Å². The van der Waals surface area contributed by atoms with Crippen LogP contribution in [0.15, 0.2) is 60.8 Å². The van der Waals surface area contributed by atoms with E-state index < -0.39 is 0 Å². The highest BCUT2D eigenvalue weighted by molar-refractivity contribution is 5.78. The maximum atomic E-state index is 13.7. The molecule has 0 spiro atoms. The first kappa shape index (κ1) is 18.2. The van der Waals surface area contributed by atoms with Gasteiger partial charge >= 0.3 is 0 Å². The van der Waals surface area contributed by atoms with E-state index in [1.54, 1.807) is 24.4 Å². The first-order valence-corrected chi connectivity index (χ1v) is 9.32. The lowest BCUT2D eigenvalue weighted by Gasteiger charge is -2.14. The average molecular weight is 376 g/mol. The number of nitrogens with zero attached hydrogens (tertiary/aromatic N) is 1. The Balaban J connectivity index is 1.42. The van der Waals surface area contributed by atoms with Crippen molar-refractivity contribution in [3.05, 3.63) is 83.3 Å². The summed E-state index contributed by atoms with van der Waals surface area (Å²) in [5.41, 5.74) is 4.46. The first-order valence-electron chi connectivity index (χ1n) is 9.32. The van der Waals surface area contributed by atoms with Crippen LogP contribution < -0.4 is 10.1 Å². The lowest BCUT2D eigenvalue weighted by molar-refractivity contribution is -0.120. The molecule has 1 aliphatic heterocycles. The van der Waals surface area contributed by atoms with E-state index in [0.29, 0.717) is 12.1 Å². The number of amides is 1. The molecule has 2 heterocycles. The third kappa shape index (κ3) is 3.74. The molecule has 0 fully saturated rings. The van der Waals surface area contributed by atoms with E-state index in [2.05, 4.69) is 10.3 Å². The molecule has 4 nitrogen and oxygen atoms in total. The van der Waals surface area contributed by atoms with Crippen molar-refractivity contribution in [3.63, 3.8) is 0 Å². The van der Waals surface area contributed by atoms with Crippen LogP contribution in [0.5, 0.6) is 5.75 Å². The van der Waals surface area contributed by atoms with E-state index >= 15 is 0 Å². The number of halogens is 1. The maximum Gasteiger partial charge on any atom is 0.224 e. The van der Waals surface area contributed by atoms with E-state index in [9.17, 15) is 9.18 Å². The molecular formula is C23H21FN2O2. The van der Waals surface area contributed by atoms with Crippen molar-refractivity contribution in [2.75, 3.05) is 6.54 Å². The van der Waals surface area contributed by atoms with Crippen molar-refractivity contribution < 1.29 is 13.9 Å². The fourth-order valence-corrected chi connectivity index (χ4v) is 3.51. The largest absolute Gasteiger partial charge is 0.487 e. The van der Waals surface area contributed by atoms with E-state index in [-0.39, 0.29) is 24.2 Å². The SMILES string of the molecule is Cc1cccnc1-c1cccc2c1O[C@H](CNC(=O)Cc1ccccc1F)C2. The summed E-state index contributed by atoms with van der Waals surface area (Å²) in [6.07, 6.45) is 2.36. The molecule has 0 aliphatic carbocycles. The van der Waals surface area contributed by atoms with E-state index in [0.717, 1.165) is 34.6 Å². The van der Waals surface area contributed by atoms with Gasteiger partial charge in [-0.1, -0.05) is 36.4 Å². The molecule has 0 saturated heterocycles. The second-order valence-corrected chi connectivity index (χ2v) is 6.98. The standard InChI is InChI=1S/C23H21FN2O2/c1-15-6-5-11-25-22(15)19-9-4-8-17-12-18(28-23(17)19)14-26-21(27)13-16-7-2-3-10-20(16)24/h2-11,18H,12-14H2,1H3,(H,26,27)/t18-/m0/s1. The Kier molecular flexibility index (Phi) is 5.06. The van der Waals surface area contributed by atoms with Crippen molar-refractivity contribution in [1.82, 2.24) is 10.3 Å². The van der Waals surface area contributed by atoms with Crippen LogP contribution in [0.1, 0.15) is 16.7 Å². The average Bonchev–Trinajstić information content (AvgIpc) is 3.12. The molecule has 0 bridgehead atoms. The fraction of sp³-hybridized carbons (Fsp3) is 0.217. The molecule has 1 aliphatic rings. The highest BCUT2D eigenvalue weighted by atomic mass is 19.1. The van der Waals surface area contributed by atoms with E-state index in [4.69, 9.17) is 4.74 Å². The summed E-state index contributed by atoms with van der Waals surface area (Å²) >= 11 is 0. The Hall–Kier alpha value is -3.21. The summed E-state index contributed by atoms with van der Waals surface area (Å²) in [7, 11) is 0. The fourth-order valence-electron chi connectivity index (χ4n) is 3.51. The Labute approximate surface area is 163 Å². The molecule has 4 rings (SSSR count). The zero-order valence-corrected chi connectivity index (χ0v) is 15.6. The van der Waals surface area contributed by atoms with Gasteiger partial charge in [-0.05, 0) is 41.8 Å². The van der Waals surface area contributed by atoms with Crippen LogP contribution in [0.4, 0.5) is 4.39 Å². The minimum atomic E-state index is -0.363. The highest BCUT2D eigenvalue weighted by Crippen LogP contribution is 2.38. The van der Waals surface area contributed by atoms with Crippen LogP contribution in [0.3, 0.4) is 0 Å². The summed E-state index contributed by atoms with van der Waals surface area (Å²) in [6, 6.07) is 16.3. The van der Waals surface area contributed by atoms with Crippen molar-refractivity contribution in [2.24, 2.45) is 0 Å². The first-order chi connectivity index (χ1) is 13.6. The van der Waals surface area contributed by atoms with Gasteiger partial charge in [0.1, 0.15) is 17.7 Å². The summed E-state index contributed by atoms with van der Waals surface area (Å²) in [6.45, 7) is 2.40. The van der Waals surface area contributed by atoms with Gasteiger partial charge < -0.3 is 10.1 Å². The maximum absolute atomic E-state index is 13.7. The van der Waals surface area contributed by atoms with Crippen LogP contribution in [-0.2, 0) is 17.6 Å². The van der Waals surface area contributed by atoms with E-state index in [1.807, 2.05) is 37.3 Å². The number of benzene rings is 2. The van der Waals surface area contributed by atoms with Crippen molar-refractivity contribution in [3.8, 4) is 17.0 Å². The van der Waals surface area contributed by atoms with Gasteiger partial charge in [-0.3, -0.25) is 9.78 Å². The number of carbonyl (C=O) groups is 1. The number of ether oxygens (including phenoxy) is 1. The number of nitrogens with one attached hydrogen (secondary N) is 1. The molecule has 5 heteroatoms. The predicted molar refractivity (Wildman–Crippen MR) is 106 cm³/mol. The highest BCUT2D eigenvalue weighted by Gasteiger charge is 2.26. The van der Waals surface area contributed by atoms with Crippen molar-refractivity contribution in [1.29, 1.82) is 0 Å². The Morgan fingerprint density at radius 3 is 2.86 bits per heavy atom. The number of pyridine rings is 1. The van der Waals surface area contributed by atoms with Crippen molar-refractivity contribution in [2.45, 2.75) is 25.9 Å². The van der Waals surface area contributed by atoms with Crippen molar-refractivity contribution >= 4 is 5.91 Å². The second kappa shape index (κ2) is 7.80. The normalized spacial score (nSPS) is 15.0. The number of fused-ring (bicyclic) bond motifs is 1. The number of aromatic nitrogens is 1. The van der Waals surface area contributed by atoms with Gasteiger partial charge in [0.2, 0.25) is 5.91 Å². The van der Waals surface area contributed by atoms with Gasteiger partial charge in [-0.2, -0.15) is 0 Å². The summed E-state index contributed by atoms with van der Waals surface area (Å²) < 4.78 is 19.8. The number of carbonyl (C=O) groups excluding carboxylic acids is 1. The number of aryl methyl sites for hydroxylation is 1. The Morgan fingerprint density at radius 1 is 1.18 bits per heavy atom. The van der Waals surface area contributed by atoms with Crippen LogP contribution in [-0.4, -0.2) is 23.5 Å². The molecule has 1 N–H and O–H groups in total. The molecule has 28 heavy (non-hydrogen) atoms. The molecule has 1 atom stereocenters. The van der Waals surface area contributed by atoms with E-state index in [1.165, 1.54) is 6.07 Å². The number of rotatable bonds is 5. The summed E-state index contributed by atoms with van der Waals surface area (Å²) in [5.74, 6) is 0.251. The number of hydrogen-bond acceptors (Lipinski definition) is 3. The van der Waals surface area contributed by atoms with Crippen LogP contribution in [0.2, 0.25) is 0 Å². The van der Waals surface area contributed by atoms with Gasteiger partial charge in [-0.15, -0.1) is 0 Å². The molecule has 3 aromatic rings. The van der Waals surface area contributed by atoms with Gasteiger partial charge in [0.05, 0.1) is 18.7 Å². The van der Waals surface area contributed by atoms with Gasteiger partial charge in [0.25, 0.3) is 0 Å². The van der Waals surface area contributed by atoms with Gasteiger partial charge in [0.15, 0.2) is 0 Å². The predicted octanol–water partition coefficient (Wildman–Crippen LogP) is 3.86.